The van der Waals surface area contributed by atoms with Crippen LogP contribution in [0.4, 0.5) is 5.69 Å². The summed E-state index contributed by atoms with van der Waals surface area (Å²) in [6.07, 6.45) is 0.562. The van der Waals surface area contributed by atoms with E-state index < -0.39 is 12.0 Å². The molecule has 0 unspecified atom stereocenters. The van der Waals surface area contributed by atoms with Crippen molar-refractivity contribution in [2.45, 2.75) is 39.8 Å². The lowest BCUT2D eigenvalue weighted by Crippen LogP contribution is -2.45. The van der Waals surface area contributed by atoms with E-state index in [0.717, 1.165) is 5.56 Å². The van der Waals surface area contributed by atoms with Crippen molar-refractivity contribution < 1.29 is 19.1 Å². The summed E-state index contributed by atoms with van der Waals surface area (Å²) in [5.74, 6) is -0.500. The minimum absolute atomic E-state index is 0.112. The van der Waals surface area contributed by atoms with E-state index in [2.05, 4.69) is 5.32 Å². The molecule has 0 spiro atoms. The molecule has 2 amide bonds. The fraction of sp³-hybridized carbons (Fsp3) is 0.348. The molecule has 29 heavy (non-hydrogen) atoms. The molecule has 3 rings (SSSR count). The Balaban J connectivity index is 1.75. The van der Waals surface area contributed by atoms with Crippen LogP contribution in [0.5, 0.6) is 0 Å². The maximum atomic E-state index is 13.1. The average Bonchev–Trinajstić information content (AvgIpc) is 3.03. The monoisotopic (exact) mass is 394 g/mol. The van der Waals surface area contributed by atoms with Crippen LogP contribution in [0.1, 0.15) is 53.5 Å². The van der Waals surface area contributed by atoms with Gasteiger partial charge in [0.1, 0.15) is 6.04 Å². The number of ether oxygens (including phenoxy) is 1. The molecule has 0 radical (unpaired) electrons. The molecule has 1 atom stereocenters. The van der Waals surface area contributed by atoms with Gasteiger partial charge in [-0.15, -0.1) is 0 Å². The van der Waals surface area contributed by atoms with Gasteiger partial charge in [-0.2, -0.15) is 0 Å². The van der Waals surface area contributed by atoms with Gasteiger partial charge in [0.15, 0.2) is 0 Å². The van der Waals surface area contributed by atoms with Crippen LogP contribution in [-0.2, 0) is 16.1 Å². The molecule has 6 heteroatoms. The quantitative estimate of drug-likeness (QED) is 0.724. The second-order valence-corrected chi connectivity index (χ2v) is 7.52. The van der Waals surface area contributed by atoms with E-state index in [4.69, 9.17) is 4.74 Å². The van der Waals surface area contributed by atoms with E-state index in [1.54, 1.807) is 42.2 Å². The first-order chi connectivity index (χ1) is 13.9. The number of anilines is 1. The molecule has 1 aliphatic rings. The first-order valence-electron chi connectivity index (χ1n) is 9.87. The number of esters is 1. The van der Waals surface area contributed by atoms with Gasteiger partial charge >= 0.3 is 5.97 Å². The van der Waals surface area contributed by atoms with Crippen LogP contribution in [0.2, 0.25) is 0 Å². The number of benzene rings is 2. The Bertz CT molecular complexity index is 905. The van der Waals surface area contributed by atoms with E-state index in [0.29, 0.717) is 36.4 Å². The van der Waals surface area contributed by atoms with Crippen molar-refractivity contribution in [3.05, 3.63) is 65.2 Å². The van der Waals surface area contributed by atoms with Crippen molar-refractivity contribution in [2.24, 2.45) is 5.92 Å². The summed E-state index contributed by atoms with van der Waals surface area (Å²) in [7, 11) is 0. The first-order valence-corrected chi connectivity index (χ1v) is 9.87. The van der Waals surface area contributed by atoms with Gasteiger partial charge in [0.05, 0.1) is 12.2 Å². The molecule has 1 N–H and O–H groups in total. The summed E-state index contributed by atoms with van der Waals surface area (Å²) < 4.78 is 4.97. The molecule has 0 aromatic heterocycles. The van der Waals surface area contributed by atoms with Gasteiger partial charge in [0.25, 0.3) is 5.91 Å². The summed E-state index contributed by atoms with van der Waals surface area (Å²) in [6, 6.07) is 13.4. The molecule has 0 saturated carbocycles. The van der Waals surface area contributed by atoms with Crippen molar-refractivity contribution in [1.29, 1.82) is 0 Å². The van der Waals surface area contributed by atoms with Crippen LogP contribution >= 0.6 is 0 Å². The molecular weight excluding hydrogens is 368 g/mol. The molecule has 1 aliphatic heterocycles. The Hall–Kier alpha value is -3.15. The largest absolute Gasteiger partial charge is 0.462 e. The van der Waals surface area contributed by atoms with Crippen molar-refractivity contribution >= 4 is 23.5 Å². The lowest BCUT2D eigenvalue weighted by molar-refractivity contribution is -0.121. The number of hydrogen-bond acceptors (Lipinski definition) is 4. The normalized spacial score (nSPS) is 13.9. The van der Waals surface area contributed by atoms with Crippen molar-refractivity contribution in [3.63, 3.8) is 0 Å². The fourth-order valence-electron chi connectivity index (χ4n) is 3.48. The first kappa shape index (κ1) is 20.6. The average molecular weight is 394 g/mol. The van der Waals surface area contributed by atoms with E-state index in [1.165, 1.54) is 0 Å². The highest BCUT2D eigenvalue weighted by Gasteiger charge is 2.36. The third-order valence-corrected chi connectivity index (χ3v) is 4.89. The zero-order chi connectivity index (χ0) is 21.0. The second kappa shape index (κ2) is 8.90. The number of fused-ring (bicyclic) bond motifs is 1. The summed E-state index contributed by atoms with van der Waals surface area (Å²) in [6.45, 7) is 6.55. The number of carbonyl (C=O) groups excluding carboxylic acids is 3. The fourth-order valence-corrected chi connectivity index (χ4v) is 3.48. The third-order valence-electron chi connectivity index (χ3n) is 4.89. The van der Waals surface area contributed by atoms with Crippen LogP contribution in [0, 0.1) is 5.92 Å². The zero-order valence-electron chi connectivity index (χ0n) is 17.0. The molecule has 2 aromatic carbocycles. The van der Waals surface area contributed by atoms with Gasteiger partial charge in [-0.3, -0.25) is 9.59 Å². The van der Waals surface area contributed by atoms with Crippen LogP contribution < -0.4 is 5.32 Å². The Morgan fingerprint density at radius 2 is 1.79 bits per heavy atom. The number of rotatable bonds is 7. The smallest absolute Gasteiger partial charge is 0.338 e. The highest BCUT2D eigenvalue weighted by atomic mass is 16.5. The standard InChI is InChI=1S/C23H26N2O4/c1-4-29-23(28)16-9-11-18(12-10-16)24-21(26)20(13-15(2)3)25-14-17-7-5-6-8-19(17)22(25)27/h5-12,15,20H,4,13-14H2,1-3H3,(H,24,26)/t20-/m0/s1. The molecule has 6 nitrogen and oxygen atoms in total. The Morgan fingerprint density at radius 3 is 2.41 bits per heavy atom. The lowest BCUT2D eigenvalue weighted by Gasteiger charge is -2.28. The number of nitrogens with zero attached hydrogens (tertiary/aromatic N) is 1. The van der Waals surface area contributed by atoms with Crippen LogP contribution in [0.3, 0.4) is 0 Å². The predicted molar refractivity (Wildman–Crippen MR) is 111 cm³/mol. The van der Waals surface area contributed by atoms with Gasteiger partial charge in [-0.25, -0.2) is 4.79 Å². The van der Waals surface area contributed by atoms with Crippen molar-refractivity contribution in [3.8, 4) is 0 Å². The van der Waals surface area contributed by atoms with E-state index >= 15 is 0 Å². The summed E-state index contributed by atoms with van der Waals surface area (Å²) in [5.41, 5.74) is 2.60. The van der Waals surface area contributed by atoms with Gasteiger partial charge < -0.3 is 15.0 Å². The molecule has 0 aliphatic carbocycles. The number of nitrogens with one attached hydrogen (secondary N) is 1. The minimum Gasteiger partial charge on any atom is -0.462 e. The Labute approximate surface area is 170 Å². The lowest BCUT2D eigenvalue weighted by atomic mass is 10.0. The Morgan fingerprint density at radius 1 is 1.10 bits per heavy atom. The van der Waals surface area contributed by atoms with E-state index in [-0.39, 0.29) is 17.7 Å². The van der Waals surface area contributed by atoms with Gasteiger partial charge in [0, 0.05) is 17.8 Å². The molecule has 2 aromatic rings. The maximum Gasteiger partial charge on any atom is 0.338 e. The van der Waals surface area contributed by atoms with Gasteiger partial charge in [-0.1, -0.05) is 32.0 Å². The molecule has 0 saturated heterocycles. The third kappa shape index (κ3) is 4.65. The maximum absolute atomic E-state index is 13.1. The minimum atomic E-state index is -0.570. The number of carbonyl (C=O) groups is 3. The highest BCUT2D eigenvalue weighted by Crippen LogP contribution is 2.27. The SMILES string of the molecule is CCOC(=O)c1ccc(NC(=O)[C@H](CC(C)C)N2Cc3ccccc3C2=O)cc1. The molecule has 0 bridgehead atoms. The number of hydrogen-bond donors (Lipinski definition) is 1. The van der Waals surface area contributed by atoms with Crippen LogP contribution in [0.25, 0.3) is 0 Å². The van der Waals surface area contributed by atoms with Crippen molar-refractivity contribution in [2.75, 3.05) is 11.9 Å². The molecule has 152 valence electrons. The Kier molecular flexibility index (Phi) is 6.32. The van der Waals surface area contributed by atoms with Gasteiger partial charge in [-0.05, 0) is 55.2 Å². The second-order valence-electron chi connectivity index (χ2n) is 7.52. The molecular formula is C23H26N2O4. The molecule has 0 fully saturated rings. The number of amides is 2. The van der Waals surface area contributed by atoms with Crippen LogP contribution in [0.15, 0.2) is 48.5 Å². The van der Waals surface area contributed by atoms with Crippen LogP contribution in [-0.4, -0.2) is 35.3 Å². The molecule has 1 heterocycles. The zero-order valence-corrected chi connectivity index (χ0v) is 17.0. The summed E-state index contributed by atoms with van der Waals surface area (Å²) >= 11 is 0. The van der Waals surface area contributed by atoms with E-state index in [1.807, 2.05) is 32.0 Å². The highest BCUT2D eigenvalue weighted by molar-refractivity contribution is 6.03. The summed E-state index contributed by atoms with van der Waals surface area (Å²) in [5, 5.41) is 2.88. The van der Waals surface area contributed by atoms with Crippen molar-refractivity contribution in [1.82, 2.24) is 4.90 Å². The van der Waals surface area contributed by atoms with E-state index in [9.17, 15) is 14.4 Å². The van der Waals surface area contributed by atoms with Gasteiger partial charge in [0.2, 0.25) is 5.91 Å². The topological polar surface area (TPSA) is 75.7 Å². The predicted octanol–water partition coefficient (Wildman–Crippen LogP) is 3.87. The summed E-state index contributed by atoms with van der Waals surface area (Å²) in [4.78, 5) is 39.3.